The molecule has 5 heteroatoms. The molecule has 0 amide bonds. The first-order valence-corrected chi connectivity index (χ1v) is 8.09. The van der Waals surface area contributed by atoms with Crippen molar-refractivity contribution < 1.29 is 14.3 Å². The van der Waals surface area contributed by atoms with Gasteiger partial charge in [0.05, 0.1) is 7.11 Å². The maximum atomic E-state index is 8.12. The van der Waals surface area contributed by atoms with Crippen LogP contribution in [0.15, 0.2) is 40.9 Å². The van der Waals surface area contributed by atoms with E-state index in [2.05, 4.69) is 58.1 Å². The van der Waals surface area contributed by atoms with Gasteiger partial charge in [0.1, 0.15) is 5.75 Å². The first-order valence-electron chi connectivity index (χ1n) is 7.30. The second-order valence-electron chi connectivity index (χ2n) is 5.32. The predicted molar refractivity (Wildman–Crippen MR) is 92.2 cm³/mol. The average Bonchev–Trinajstić information content (AvgIpc) is 2.53. The second kappa shape index (κ2) is 7.95. The van der Waals surface area contributed by atoms with Crippen molar-refractivity contribution in [3.05, 3.63) is 52.0 Å². The Bertz CT molecular complexity index is 704. The van der Waals surface area contributed by atoms with Crippen LogP contribution in [-0.4, -0.2) is 19.8 Å². The van der Waals surface area contributed by atoms with Crippen LogP contribution in [0.3, 0.4) is 0 Å². The Balaban J connectivity index is 0.000000595. The fourth-order valence-electron chi connectivity index (χ4n) is 2.84. The molecule has 1 heterocycles. The number of hydrogen-bond donors (Lipinski definition) is 0. The van der Waals surface area contributed by atoms with Gasteiger partial charge in [-0.25, -0.2) is 0 Å². The number of nitrogens with zero attached hydrogens (tertiary/aromatic N) is 1. The van der Waals surface area contributed by atoms with Gasteiger partial charge >= 0.3 is 6.15 Å². The van der Waals surface area contributed by atoms with Gasteiger partial charge in [0.25, 0.3) is 0 Å². The summed E-state index contributed by atoms with van der Waals surface area (Å²) in [5.74, 6) is 0.941. The van der Waals surface area contributed by atoms with Gasteiger partial charge in [0, 0.05) is 22.4 Å². The Morgan fingerprint density at radius 3 is 2.57 bits per heavy atom. The summed E-state index contributed by atoms with van der Waals surface area (Å²) >= 11 is 3.60. The third-order valence-corrected chi connectivity index (χ3v) is 4.20. The third-order valence-electron chi connectivity index (χ3n) is 3.74. The summed E-state index contributed by atoms with van der Waals surface area (Å²) in [5.41, 5.74) is 5.20. The van der Waals surface area contributed by atoms with Crippen LogP contribution in [-0.2, 0) is 16.0 Å². The Kier molecular flexibility index (Phi) is 5.97. The Labute approximate surface area is 144 Å². The molecule has 0 saturated carbocycles. The van der Waals surface area contributed by atoms with E-state index in [0.29, 0.717) is 0 Å². The number of aryl methyl sites for hydroxylation is 2. The zero-order valence-electron chi connectivity index (χ0n) is 13.1. The highest BCUT2D eigenvalue weighted by atomic mass is 79.9. The van der Waals surface area contributed by atoms with Gasteiger partial charge < -0.3 is 9.64 Å². The number of methoxy groups -OCH3 is 1. The van der Waals surface area contributed by atoms with Crippen LogP contribution in [0.1, 0.15) is 17.5 Å². The minimum atomic E-state index is 0.250. The molecular formula is C18H18BrNO3. The number of carbonyl (C=O) groups excluding carboxylic acids is 2. The standard InChI is InChI=1S/C17H18BrNO.CO2/c1-12-8-14(18)11-15(9-12)19-7-3-4-13-10-16(20-2)5-6-17(13)19;2-1-3/h5-6,8-11H,3-4,7H2,1-2H3;. The number of anilines is 2. The predicted octanol–water partition coefficient (Wildman–Crippen LogP) is 4.27. The van der Waals surface area contributed by atoms with E-state index in [4.69, 9.17) is 14.3 Å². The highest BCUT2D eigenvalue weighted by molar-refractivity contribution is 9.10. The summed E-state index contributed by atoms with van der Waals surface area (Å²) in [6.07, 6.45) is 2.54. The average molecular weight is 376 g/mol. The third kappa shape index (κ3) is 4.21. The van der Waals surface area contributed by atoms with Crippen molar-refractivity contribution in [3.63, 3.8) is 0 Å². The van der Waals surface area contributed by atoms with E-state index in [1.807, 2.05) is 6.07 Å². The Morgan fingerprint density at radius 2 is 1.91 bits per heavy atom. The van der Waals surface area contributed by atoms with Crippen molar-refractivity contribution in [2.24, 2.45) is 0 Å². The van der Waals surface area contributed by atoms with Crippen molar-refractivity contribution in [3.8, 4) is 5.75 Å². The lowest BCUT2D eigenvalue weighted by molar-refractivity contribution is -0.191. The first-order chi connectivity index (χ1) is 11.1. The molecular weight excluding hydrogens is 358 g/mol. The van der Waals surface area contributed by atoms with E-state index < -0.39 is 0 Å². The normalized spacial score (nSPS) is 12.6. The topological polar surface area (TPSA) is 46.6 Å². The zero-order valence-corrected chi connectivity index (χ0v) is 14.7. The van der Waals surface area contributed by atoms with Crippen molar-refractivity contribution in [1.29, 1.82) is 0 Å². The second-order valence-corrected chi connectivity index (χ2v) is 6.24. The van der Waals surface area contributed by atoms with Crippen LogP contribution in [0.2, 0.25) is 0 Å². The van der Waals surface area contributed by atoms with Crippen LogP contribution in [0, 0.1) is 6.92 Å². The summed E-state index contributed by atoms with van der Waals surface area (Å²) in [7, 11) is 1.72. The van der Waals surface area contributed by atoms with Crippen LogP contribution < -0.4 is 9.64 Å². The molecule has 120 valence electrons. The number of ether oxygens (including phenoxy) is 1. The molecule has 0 saturated heterocycles. The molecule has 1 aliphatic rings. The minimum absolute atomic E-state index is 0.250. The molecule has 0 N–H and O–H groups in total. The van der Waals surface area contributed by atoms with Gasteiger partial charge in [-0.15, -0.1) is 0 Å². The smallest absolute Gasteiger partial charge is 0.373 e. The highest BCUT2D eigenvalue weighted by Gasteiger charge is 2.19. The molecule has 0 bridgehead atoms. The van der Waals surface area contributed by atoms with E-state index in [1.54, 1.807) is 7.11 Å². The molecule has 3 rings (SSSR count). The van der Waals surface area contributed by atoms with Crippen LogP contribution >= 0.6 is 15.9 Å². The number of benzene rings is 2. The quantitative estimate of drug-likeness (QED) is 0.786. The van der Waals surface area contributed by atoms with E-state index in [0.717, 1.165) is 23.2 Å². The summed E-state index contributed by atoms with van der Waals surface area (Å²) in [6, 6.07) is 12.9. The van der Waals surface area contributed by atoms with Gasteiger partial charge in [-0.2, -0.15) is 9.59 Å². The molecule has 0 atom stereocenters. The monoisotopic (exact) mass is 375 g/mol. The fraction of sp³-hybridized carbons (Fsp3) is 0.278. The molecule has 0 unspecified atom stereocenters. The zero-order chi connectivity index (χ0) is 16.8. The number of fused-ring (bicyclic) bond motifs is 1. The Hall–Kier alpha value is -2.10. The van der Waals surface area contributed by atoms with E-state index >= 15 is 0 Å². The molecule has 0 radical (unpaired) electrons. The SMILES string of the molecule is COc1ccc2c(c1)CCCN2c1cc(C)cc(Br)c1.O=C=O. The minimum Gasteiger partial charge on any atom is -0.497 e. The maximum absolute atomic E-state index is 8.12. The summed E-state index contributed by atoms with van der Waals surface area (Å²) in [6.45, 7) is 3.20. The van der Waals surface area contributed by atoms with E-state index in [-0.39, 0.29) is 6.15 Å². The van der Waals surface area contributed by atoms with Crippen LogP contribution in [0.4, 0.5) is 11.4 Å². The lowest BCUT2D eigenvalue weighted by atomic mass is 10.0. The molecule has 1 aliphatic heterocycles. The largest absolute Gasteiger partial charge is 0.497 e. The van der Waals surface area contributed by atoms with Crippen molar-refractivity contribution in [2.75, 3.05) is 18.6 Å². The van der Waals surface area contributed by atoms with Crippen LogP contribution in [0.5, 0.6) is 5.75 Å². The maximum Gasteiger partial charge on any atom is 0.373 e. The van der Waals surface area contributed by atoms with Crippen LogP contribution in [0.25, 0.3) is 0 Å². The molecule has 0 spiro atoms. The summed E-state index contributed by atoms with van der Waals surface area (Å²) < 4.78 is 6.47. The molecule has 0 fully saturated rings. The number of hydrogen-bond acceptors (Lipinski definition) is 4. The van der Waals surface area contributed by atoms with Crippen molar-refractivity contribution in [1.82, 2.24) is 0 Å². The summed E-state index contributed by atoms with van der Waals surface area (Å²) in [5, 5.41) is 0. The van der Waals surface area contributed by atoms with Crippen molar-refractivity contribution >= 4 is 33.5 Å². The van der Waals surface area contributed by atoms with Crippen molar-refractivity contribution in [2.45, 2.75) is 19.8 Å². The van der Waals surface area contributed by atoms with Gasteiger partial charge in [-0.05, 0) is 67.3 Å². The molecule has 0 aliphatic carbocycles. The van der Waals surface area contributed by atoms with E-state index in [1.165, 1.54) is 28.9 Å². The number of rotatable bonds is 2. The molecule has 2 aromatic rings. The highest BCUT2D eigenvalue weighted by Crippen LogP contribution is 2.36. The fourth-order valence-corrected chi connectivity index (χ4v) is 3.44. The van der Waals surface area contributed by atoms with Gasteiger partial charge in [0.15, 0.2) is 0 Å². The van der Waals surface area contributed by atoms with Gasteiger partial charge in [-0.1, -0.05) is 15.9 Å². The molecule has 2 aromatic carbocycles. The van der Waals surface area contributed by atoms with E-state index in [9.17, 15) is 0 Å². The lowest BCUT2D eigenvalue weighted by Crippen LogP contribution is -2.24. The lowest BCUT2D eigenvalue weighted by Gasteiger charge is -2.32. The molecule has 4 nitrogen and oxygen atoms in total. The summed E-state index contributed by atoms with van der Waals surface area (Å²) in [4.78, 5) is 18.6. The van der Waals surface area contributed by atoms with Gasteiger partial charge in [-0.3, -0.25) is 0 Å². The molecule has 0 aromatic heterocycles. The molecule has 23 heavy (non-hydrogen) atoms. The Morgan fingerprint density at radius 1 is 1.17 bits per heavy atom. The number of halogens is 1. The van der Waals surface area contributed by atoms with Gasteiger partial charge in [0.2, 0.25) is 0 Å². The first kappa shape index (κ1) is 17.3.